The Balaban J connectivity index is 2.03. The zero-order chi connectivity index (χ0) is 13.3. The van der Waals surface area contributed by atoms with Crippen molar-refractivity contribution < 1.29 is 18.3 Å². The molecule has 1 aromatic carbocycles. The minimum absolute atomic E-state index is 0.0341. The zero-order valence-electron chi connectivity index (χ0n) is 9.87. The van der Waals surface area contributed by atoms with Gasteiger partial charge in [0.1, 0.15) is 11.6 Å². The number of ether oxygens (including phenoxy) is 1. The Hall–Kier alpha value is -1.69. The molecule has 18 heavy (non-hydrogen) atoms. The van der Waals surface area contributed by atoms with Gasteiger partial charge in [0.2, 0.25) is 0 Å². The molecule has 1 aliphatic carbocycles. The van der Waals surface area contributed by atoms with E-state index in [1.165, 1.54) is 0 Å². The molecule has 1 saturated carbocycles. The number of amides is 1. The molecule has 1 aromatic rings. The summed E-state index contributed by atoms with van der Waals surface area (Å²) in [5.41, 5.74) is 4.82. The van der Waals surface area contributed by atoms with E-state index in [-0.39, 0.29) is 23.4 Å². The largest absolute Gasteiger partial charge is 0.396 e. The molecule has 0 aromatic heterocycles. The Morgan fingerprint density at radius 2 is 2.06 bits per heavy atom. The number of nitrogens with one attached hydrogen (secondary N) is 1. The quantitative estimate of drug-likeness (QED) is 0.805. The molecule has 0 bridgehead atoms. The normalized spacial score (nSPS) is 22.4. The summed E-state index contributed by atoms with van der Waals surface area (Å²) in [6, 6.07) is 1.59. The Morgan fingerprint density at radius 1 is 1.39 bits per heavy atom. The monoisotopic (exact) mass is 256 g/mol. The van der Waals surface area contributed by atoms with Crippen molar-refractivity contribution in [3.05, 3.63) is 29.3 Å². The third-order valence-electron chi connectivity index (χ3n) is 3.09. The van der Waals surface area contributed by atoms with Crippen molar-refractivity contribution in [3.8, 4) is 0 Å². The predicted octanol–water partition coefficient (Wildman–Crippen LogP) is 1.45. The van der Waals surface area contributed by atoms with Crippen LogP contribution in [0.2, 0.25) is 0 Å². The second-order valence-corrected chi connectivity index (χ2v) is 4.35. The third kappa shape index (κ3) is 2.43. The van der Waals surface area contributed by atoms with Gasteiger partial charge in [0.25, 0.3) is 5.91 Å². The lowest BCUT2D eigenvalue weighted by Crippen LogP contribution is -2.47. The fourth-order valence-electron chi connectivity index (χ4n) is 1.88. The van der Waals surface area contributed by atoms with Crippen molar-refractivity contribution in [1.82, 2.24) is 5.32 Å². The van der Waals surface area contributed by atoms with Gasteiger partial charge in [-0.25, -0.2) is 8.78 Å². The van der Waals surface area contributed by atoms with Gasteiger partial charge in [-0.15, -0.1) is 0 Å². The molecule has 2 rings (SSSR count). The molecule has 0 unspecified atom stereocenters. The Morgan fingerprint density at radius 3 is 2.67 bits per heavy atom. The minimum Gasteiger partial charge on any atom is -0.396 e. The average Bonchev–Trinajstić information content (AvgIpc) is 2.27. The smallest absolute Gasteiger partial charge is 0.254 e. The van der Waals surface area contributed by atoms with E-state index in [9.17, 15) is 13.6 Å². The molecule has 3 N–H and O–H groups in total. The van der Waals surface area contributed by atoms with E-state index in [4.69, 9.17) is 10.5 Å². The maximum absolute atomic E-state index is 13.4. The third-order valence-corrected chi connectivity index (χ3v) is 3.09. The zero-order valence-corrected chi connectivity index (χ0v) is 9.87. The summed E-state index contributed by atoms with van der Waals surface area (Å²) in [6.45, 7) is 0. The summed E-state index contributed by atoms with van der Waals surface area (Å²) in [6.07, 6.45) is 1.53. The van der Waals surface area contributed by atoms with Gasteiger partial charge in [-0.2, -0.15) is 0 Å². The van der Waals surface area contributed by atoms with Gasteiger partial charge >= 0.3 is 0 Å². The van der Waals surface area contributed by atoms with E-state index >= 15 is 0 Å². The molecule has 6 heteroatoms. The van der Waals surface area contributed by atoms with Gasteiger partial charge in [-0.05, 0) is 18.9 Å². The van der Waals surface area contributed by atoms with Crippen molar-refractivity contribution in [3.63, 3.8) is 0 Å². The summed E-state index contributed by atoms with van der Waals surface area (Å²) >= 11 is 0. The van der Waals surface area contributed by atoms with E-state index in [1.807, 2.05) is 0 Å². The van der Waals surface area contributed by atoms with Crippen LogP contribution in [0.4, 0.5) is 14.5 Å². The molecule has 98 valence electrons. The van der Waals surface area contributed by atoms with Crippen LogP contribution in [0.1, 0.15) is 23.2 Å². The van der Waals surface area contributed by atoms with Crippen molar-refractivity contribution in [2.75, 3.05) is 12.8 Å². The lowest BCUT2D eigenvalue weighted by atomic mass is 9.89. The van der Waals surface area contributed by atoms with E-state index in [0.717, 1.165) is 6.07 Å². The van der Waals surface area contributed by atoms with Gasteiger partial charge in [0.05, 0.1) is 17.4 Å². The highest BCUT2D eigenvalue weighted by atomic mass is 19.1. The predicted molar refractivity (Wildman–Crippen MR) is 62.1 cm³/mol. The summed E-state index contributed by atoms with van der Waals surface area (Å²) in [4.78, 5) is 11.8. The fourth-order valence-corrected chi connectivity index (χ4v) is 1.88. The van der Waals surface area contributed by atoms with Crippen molar-refractivity contribution in [1.29, 1.82) is 0 Å². The van der Waals surface area contributed by atoms with Gasteiger partial charge in [0.15, 0.2) is 0 Å². The van der Waals surface area contributed by atoms with Gasteiger partial charge in [-0.1, -0.05) is 0 Å². The van der Waals surface area contributed by atoms with Gasteiger partial charge in [-0.3, -0.25) is 4.79 Å². The topological polar surface area (TPSA) is 64.3 Å². The molecule has 0 spiro atoms. The number of halogens is 2. The first-order valence-corrected chi connectivity index (χ1v) is 5.59. The van der Waals surface area contributed by atoms with E-state index in [0.29, 0.717) is 18.9 Å². The van der Waals surface area contributed by atoms with Crippen molar-refractivity contribution in [2.45, 2.75) is 25.0 Å². The van der Waals surface area contributed by atoms with Crippen LogP contribution >= 0.6 is 0 Å². The van der Waals surface area contributed by atoms with E-state index in [2.05, 4.69) is 5.32 Å². The standard InChI is InChI=1S/C12H14F2N2O2/c1-18-7-2-6(3-7)16-12(17)8-4-11(15)10(14)5-9(8)13/h4-7H,2-3,15H2,1H3,(H,16,17). The molecule has 0 atom stereocenters. The van der Waals surface area contributed by atoms with Crippen LogP contribution in [0.5, 0.6) is 0 Å². The Labute approximate surface area is 103 Å². The van der Waals surface area contributed by atoms with Crippen molar-refractivity contribution >= 4 is 11.6 Å². The number of rotatable bonds is 3. The van der Waals surface area contributed by atoms with Crippen molar-refractivity contribution in [2.24, 2.45) is 0 Å². The first kappa shape index (κ1) is 12.8. The number of anilines is 1. The first-order chi connectivity index (χ1) is 8.51. The molecule has 0 heterocycles. The Kier molecular flexibility index (Phi) is 3.47. The molecule has 1 fully saturated rings. The van der Waals surface area contributed by atoms with Crippen LogP contribution in [0.15, 0.2) is 12.1 Å². The second-order valence-electron chi connectivity index (χ2n) is 4.35. The van der Waals surface area contributed by atoms with Crippen LogP contribution in [0.25, 0.3) is 0 Å². The number of methoxy groups -OCH3 is 1. The number of carbonyl (C=O) groups is 1. The lowest BCUT2D eigenvalue weighted by Gasteiger charge is -2.34. The number of hydrogen-bond donors (Lipinski definition) is 2. The first-order valence-electron chi connectivity index (χ1n) is 5.59. The van der Waals surface area contributed by atoms with Crippen LogP contribution in [-0.2, 0) is 4.74 Å². The number of benzene rings is 1. The van der Waals surface area contributed by atoms with Crippen LogP contribution < -0.4 is 11.1 Å². The highest BCUT2D eigenvalue weighted by molar-refractivity contribution is 5.95. The summed E-state index contributed by atoms with van der Waals surface area (Å²) in [5, 5.41) is 2.65. The number of nitrogens with two attached hydrogens (primary N) is 1. The fraction of sp³-hybridized carbons (Fsp3) is 0.417. The maximum Gasteiger partial charge on any atom is 0.254 e. The summed E-state index contributed by atoms with van der Waals surface area (Å²) in [7, 11) is 1.60. The highest BCUT2D eigenvalue weighted by Crippen LogP contribution is 2.23. The molecule has 1 amide bonds. The number of carbonyl (C=O) groups excluding carboxylic acids is 1. The van der Waals surface area contributed by atoms with E-state index < -0.39 is 17.5 Å². The van der Waals surface area contributed by atoms with Crippen LogP contribution in [0.3, 0.4) is 0 Å². The molecule has 0 radical (unpaired) electrons. The summed E-state index contributed by atoms with van der Waals surface area (Å²) in [5.74, 6) is -2.37. The Bertz CT molecular complexity index is 473. The highest BCUT2D eigenvalue weighted by Gasteiger charge is 2.31. The molecule has 1 aliphatic rings. The number of hydrogen-bond acceptors (Lipinski definition) is 3. The molecule has 4 nitrogen and oxygen atoms in total. The SMILES string of the molecule is COC1CC(NC(=O)c2cc(N)c(F)cc2F)C1. The molecule has 0 saturated heterocycles. The summed E-state index contributed by atoms with van der Waals surface area (Å²) < 4.78 is 31.4. The van der Waals surface area contributed by atoms with E-state index in [1.54, 1.807) is 7.11 Å². The van der Waals surface area contributed by atoms with Gasteiger partial charge in [0, 0.05) is 19.2 Å². The molecular weight excluding hydrogens is 242 g/mol. The number of nitrogen functional groups attached to an aromatic ring is 1. The lowest BCUT2D eigenvalue weighted by molar-refractivity contribution is 0.0175. The molecule has 0 aliphatic heterocycles. The van der Waals surface area contributed by atoms with Gasteiger partial charge < -0.3 is 15.8 Å². The van der Waals surface area contributed by atoms with Crippen LogP contribution in [0, 0.1) is 11.6 Å². The molecular formula is C12H14F2N2O2. The van der Waals surface area contributed by atoms with Crippen LogP contribution in [-0.4, -0.2) is 25.2 Å². The second kappa shape index (κ2) is 4.89. The maximum atomic E-state index is 13.4. The average molecular weight is 256 g/mol. The minimum atomic E-state index is -0.915.